The molecule has 3 atom stereocenters. The third-order valence-corrected chi connectivity index (χ3v) is 5.61. The zero-order valence-corrected chi connectivity index (χ0v) is 13.8. The Morgan fingerprint density at radius 1 is 1.36 bits per heavy atom. The standard InChI is InChI=1S/C16H22N4OS/c1-11-6-5-7-13(12(11)2)17-15(21)10-22-16-19-18-14-8-3-4-9-20(14)16/h3-4,8-9,11-13H,5-7,10H2,1-2H3,(H,17,21)/t11-,12+,13-/m1/s1. The maximum absolute atomic E-state index is 12.2. The van der Waals surface area contributed by atoms with E-state index in [1.165, 1.54) is 24.6 Å². The first-order chi connectivity index (χ1) is 10.6. The van der Waals surface area contributed by atoms with E-state index in [0.717, 1.165) is 17.2 Å². The maximum atomic E-state index is 12.2. The van der Waals surface area contributed by atoms with E-state index in [4.69, 9.17) is 0 Å². The summed E-state index contributed by atoms with van der Waals surface area (Å²) in [4.78, 5) is 12.2. The number of hydrogen-bond donors (Lipinski definition) is 1. The van der Waals surface area contributed by atoms with Crippen LogP contribution in [0.1, 0.15) is 33.1 Å². The van der Waals surface area contributed by atoms with Gasteiger partial charge in [0.15, 0.2) is 10.8 Å². The van der Waals surface area contributed by atoms with E-state index in [9.17, 15) is 4.79 Å². The molecule has 3 rings (SSSR count). The molecule has 22 heavy (non-hydrogen) atoms. The number of aromatic nitrogens is 3. The summed E-state index contributed by atoms with van der Waals surface area (Å²) in [6, 6.07) is 6.08. The third kappa shape index (κ3) is 3.27. The highest BCUT2D eigenvalue weighted by molar-refractivity contribution is 7.99. The lowest BCUT2D eigenvalue weighted by atomic mass is 9.78. The molecule has 0 aromatic carbocycles. The summed E-state index contributed by atoms with van der Waals surface area (Å²) in [5.41, 5.74) is 0.806. The van der Waals surface area contributed by atoms with Crippen LogP contribution in [0.25, 0.3) is 5.65 Å². The zero-order valence-electron chi connectivity index (χ0n) is 13.0. The van der Waals surface area contributed by atoms with Crippen molar-refractivity contribution in [3.05, 3.63) is 24.4 Å². The van der Waals surface area contributed by atoms with Gasteiger partial charge < -0.3 is 5.32 Å². The number of carbonyl (C=O) groups excluding carboxylic acids is 1. The predicted molar refractivity (Wildman–Crippen MR) is 87.8 cm³/mol. The third-order valence-electron chi connectivity index (χ3n) is 4.67. The molecule has 2 aromatic heterocycles. The molecule has 6 heteroatoms. The lowest BCUT2D eigenvalue weighted by Gasteiger charge is -2.34. The number of rotatable bonds is 4. The number of nitrogens with zero attached hydrogens (tertiary/aromatic N) is 3. The summed E-state index contributed by atoms with van der Waals surface area (Å²) in [7, 11) is 0. The molecule has 1 fully saturated rings. The Balaban J connectivity index is 1.56. The first kappa shape index (κ1) is 15.3. The van der Waals surface area contributed by atoms with Gasteiger partial charge in [0.25, 0.3) is 0 Å². The lowest BCUT2D eigenvalue weighted by molar-refractivity contribution is -0.120. The monoisotopic (exact) mass is 318 g/mol. The van der Waals surface area contributed by atoms with Crippen molar-refractivity contribution in [3.8, 4) is 0 Å². The molecule has 1 N–H and O–H groups in total. The smallest absolute Gasteiger partial charge is 0.230 e. The highest BCUT2D eigenvalue weighted by atomic mass is 32.2. The molecule has 0 saturated heterocycles. The van der Waals surface area contributed by atoms with Crippen LogP contribution in [0.4, 0.5) is 0 Å². The van der Waals surface area contributed by atoms with Gasteiger partial charge in [0.05, 0.1) is 5.75 Å². The second-order valence-electron chi connectivity index (χ2n) is 6.14. The van der Waals surface area contributed by atoms with E-state index in [1.54, 1.807) is 0 Å². The van der Waals surface area contributed by atoms with Crippen molar-refractivity contribution >= 4 is 23.3 Å². The van der Waals surface area contributed by atoms with E-state index >= 15 is 0 Å². The molecule has 2 aromatic rings. The SMILES string of the molecule is C[C@H]1[C@H](C)CCC[C@H]1NC(=O)CSc1nnc2ccccn12. The van der Waals surface area contributed by atoms with Crippen molar-refractivity contribution in [2.75, 3.05) is 5.75 Å². The molecule has 1 aliphatic rings. The van der Waals surface area contributed by atoms with Crippen LogP contribution in [0.15, 0.2) is 29.6 Å². The summed E-state index contributed by atoms with van der Waals surface area (Å²) in [5.74, 6) is 1.71. The van der Waals surface area contributed by atoms with Crippen molar-refractivity contribution < 1.29 is 4.79 Å². The first-order valence-electron chi connectivity index (χ1n) is 7.87. The lowest BCUT2D eigenvalue weighted by Crippen LogP contribution is -2.44. The minimum atomic E-state index is 0.0867. The van der Waals surface area contributed by atoms with Gasteiger partial charge in [0.1, 0.15) is 0 Å². The van der Waals surface area contributed by atoms with Gasteiger partial charge in [-0.25, -0.2) is 0 Å². The Bertz CT molecular complexity index is 656. The molecule has 2 heterocycles. The van der Waals surface area contributed by atoms with E-state index < -0.39 is 0 Å². The van der Waals surface area contributed by atoms with Gasteiger partial charge >= 0.3 is 0 Å². The molecule has 1 aliphatic carbocycles. The fraction of sp³-hybridized carbons (Fsp3) is 0.562. The van der Waals surface area contributed by atoms with Gasteiger partial charge in [-0.2, -0.15) is 0 Å². The average Bonchev–Trinajstić information content (AvgIpc) is 2.93. The molecule has 0 radical (unpaired) electrons. The van der Waals surface area contributed by atoms with Crippen molar-refractivity contribution in [2.24, 2.45) is 11.8 Å². The van der Waals surface area contributed by atoms with Crippen LogP contribution >= 0.6 is 11.8 Å². The van der Waals surface area contributed by atoms with Crippen LogP contribution < -0.4 is 5.32 Å². The van der Waals surface area contributed by atoms with E-state index in [-0.39, 0.29) is 5.91 Å². The summed E-state index contributed by atoms with van der Waals surface area (Å²) in [6.45, 7) is 4.52. The Morgan fingerprint density at radius 3 is 3.09 bits per heavy atom. The molecule has 118 valence electrons. The number of fused-ring (bicyclic) bond motifs is 1. The van der Waals surface area contributed by atoms with Gasteiger partial charge in [-0.05, 0) is 30.4 Å². The van der Waals surface area contributed by atoms with E-state index in [2.05, 4.69) is 29.4 Å². The zero-order chi connectivity index (χ0) is 15.5. The molecule has 1 amide bonds. The van der Waals surface area contributed by atoms with Gasteiger partial charge in [-0.15, -0.1) is 10.2 Å². The quantitative estimate of drug-likeness (QED) is 0.881. The molecule has 0 bridgehead atoms. The first-order valence-corrected chi connectivity index (χ1v) is 8.85. The summed E-state index contributed by atoms with van der Waals surface area (Å²) in [6.07, 6.45) is 5.49. The number of thioether (sulfide) groups is 1. The van der Waals surface area contributed by atoms with Crippen LogP contribution in [-0.4, -0.2) is 32.3 Å². The van der Waals surface area contributed by atoms with E-state index in [1.807, 2.05) is 28.8 Å². The molecule has 1 saturated carbocycles. The minimum absolute atomic E-state index is 0.0867. The van der Waals surface area contributed by atoms with E-state index in [0.29, 0.717) is 23.6 Å². The number of nitrogens with one attached hydrogen (secondary N) is 1. The average molecular weight is 318 g/mol. The highest BCUT2D eigenvalue weighted by Crippen LogP contribution is 2.29. The molecule has 5 nitrogen and oxygen atoms in total. The van der Waals surface area contributed by atoms with Crippen molar-refractivity contribution in [3.63, 3.8) is 0 Å². The highest BCUT2D eigenvalue weighted by Gasteiger charge is 2.28. The molecule has 0 unspecified atom stereocenters. The topological polar surface area (TPSA) is 59.3 Å². The van der Waals surface area contributed by atoms with Gasteiger partial charge in [-0.3, -0.25) is 9.20 Å². The number of pyridine rings is 1. The Labute approximate surface area is 134 Å². The second-order valence-corrected chi connectivity index (χ2v) is 7.08. The Hall–Kier alpha value is -1.56. The molecular formula is C16H22N4OS. The molecular weight excluding hydrogens is 296 g/mol. The molecule has 0 spiro atoms. The van der Waals surface area contributed by atoms with Crippen LogP contribution in [0, 0.1) is 11.8 Å². The van der Waals surface area contributed by atoms with Gasteiger partial charge in [-0.1, -0.05) is 44.5 Å². The van der Waals surface area contributed by atoms with Gasteiger partial charge in [0.2, 0.25) is 5.91 Å². The number of hydrogen-bond acceptors (Lipinski definition) is 4. The molecule has 0 aliphatic heterocycles. The predicted octanol–water partition coefficient (Wildman–Crippen LogP) is 2.76. The number of amides is 1. The van der Waals surface area contributed by atoms with Crippen LogP contribution in [0.2, 0.25) is 0 Å². The maximum Gasteiger partial charge on any atom is 0.230 e. The van der Waals surface area contributed by atoms with Crippen molar-refractivity contribution in [1.82, 2.24) is 19.9 Å². The normalized spacial score (nSPS) is 25.3. The second kappa shape index (κ2) is 6.69. The van der Waals surface area contributed by atoms with Crippen molar-refractivity contribution in [2.45, 2.75) is 44.3 Å². The Morgan fingerprint density at radius 2 is 2.23 bits per heavy atom. The van der Waals surface area contributed by atoms with Gasteiger partial charge in [0, 0.05) is 12.2 Å². The van der Waals surface area contributed by atoms with Crippen LogP contribution in [0.3, 0.4) is 0 Å². The largest absolute Gasteiger partial charge is 0.352 e. The van der Waals surface area contributed by atoms with Crippen LogP contribution in [-0.2, 0) is 4.79 Å². The van der Waals surface area contributed by atoms with Crippen LogP contribution in [0.5, 0.6) is 0 Å². The summed E-state index contributed by atoms with van der Waals surface area (Å²) < 4.78 is 1.91. The number of carbonyl (C=O) groups is 1. The summed E-state index contributed by atoms with van der Waals surface area (Å²) in [5, 5.41) is 12.2. The summed E-state index contributed by atoms with van der Waals surface area (Å²) >= 11 is 1.43. The fourth-order valence-corrected chi connectivity index (χ4v) is 3.82. The van der Waals surface area contributed by atoms with Crippen molar-refractivity contribution in [1.29, 1.82) is 0 Å². The Kier molecular flexibility index (Phi) is 4.66. The fourth-order valence-electron chi connectivity index (χ4n) is 3.08. The minimum Gasteiger partial charge on any atom is -0.352 e.